The van der Waals surface area contributed by atoms with E-state index in [9.17, 15) is 9.59 Å². The van der Waals surface area contributed by atoms with Crippen molar-refractivity contribution in [1.29, 1.82) is 0 Å². The minimum atomic E-state index is 0.121. The molecule has 6 nitrogen and oxygen atoms in total. The van der Waals surface area contributed by atoms with Crippen molar-refractivity contribution in [2.45, 2.75) is 79.1 Å². The first-order valence-electron chi connectivity index (χ1n) is 14.8. The third-order valence-electron chi connectivity index (χ3n) is 10.0. The van der Waals surface area contributed by atoms with Crippen molar-refractivity contribution in [3.8, 4) is 0 Å². The van der Waals surface area contributed by atoms with Gasteiger partial charge in [-0.05, 0) is 81.7 Å². The second kappa shape index (κ2) is 11.9. The van der Waals surface area contributed by atoms with Crippen molar-refractivity contribution in [2.24, 2.45) is 29.1 Å². The van der Waals surface area contributed by atoms with Crippen molar-refractivity contribution in [1.82, 2.24) is 19.6 Å². The predicted octanol–water partition coefficient (Wildman–Crippen LogP) is 3.95. The lowest BCUT2D eigenvalue weighted by Gasteiger charge is -2.47. The summed E-state index contributed by atoms with van der Waals surface area (Å²) in [5.74, 6) is 2.76. The topological polar surface area (TPSA) is 47.1 Å². The molecule has 0 aromatic carbocycles. The maximum atomic E-state index is 13.1. The molecule has 2 amide bonds. The zero-order valence-electron chi connectivity index (χ0n) is 23.1. The number of likely N-dealkylation sites (tertiary alicyclic amines) is 2. The van der Waals surface area contributed by atoms with E-state index in [0.29, 0.717) is 17.2 Å². The number of piperazine rings is 1. The Morgan fingerprint density at radius 1 is 0.686 bits per heavy atom. The molecule has 200 valence electrons. The molecule has 1 spiro atoms. The van der Waals surface area contributed by atoms with Gasteiger partial charge < -0.3 is 14.7 Å². The van der Waals surface area contributed by atoms with Gasteiger partial charge in [0.15, 0.2) is 0 Å². The predicted molar refractivity (Wildman–Crippen MR) is 142 cm³/mol. The Bertz CT molecular complexity index is 689. The van der Waals surface area contributed by atoms with Crippen molar-refractivity contribution < 1.29 is 9.59 Å². The van der Waals surface area contributed by atoms with Crippen molar-refractivity contribution in [3.05, 3.63) is 0 Å². The Labute approximate surface area is 214 Å². The summed E-state index contributed by atoms with van der Waals surface area (Å²) >= 11 is 0. The van der Waals surface area contributed by atoms with E-state index in [4.69, 9.17) is 0 Å². The van der Waals surface area contributed by atoms with Crippen LogP contribution in [0.2, 0.25) is 0 Å². The van der Waals surface area contributed by atoms with Crippen LogP contribution >= 0.6 is 0 Å². The van der Waals surface area contributed by atoms with Crippen LogP contribution in [0, 0.1) is 29.1 Å². The zero-order chi connectivity index (χ0) is 25.0. The van der Waals surface area contributed by atoms with Gasteiger partial charge in [0.1, 0.15) is 0 Å². The number of hydrogen-bond donors (Lipinski definition) is 0. The molecule has 3 aliphatic heterocycles. The number of amides is 2. The molecule has 35 heavy (non-hydrogen) atoms. The van der Waals surface area contributed by atoms with Gasteiger partial charge in [-0.1, -0.05) is 27.7 Å². The van der Waals surface area contributed by atoms with Crippen LogP contribution in [0.1, 0.15) is 79.1 Å². The molecule has 4 rings (SSSR count). The van der Waals surface area contributed by atoms with Crippen LogP contribution in [0.5, 0.6) is 0 Å². The van der Waals surface area contributed by atoms with E-state index in [1.54, 1.807) is 0 Å². The molecule has 0 aromatic rings. The molecule has 1 saturated carbocycles. The van der Waals surface area contributed by atoms with Gasteiger partial charge in [-0.15, -0.1) is 0 Å². The van der Waals surface area contributed by atoms with E-state index in [-0.39, 0.29) is 11.8 Å². The molecule has 3 saturated heterocycles. The standard InChI is InChI=1S/C29H52N4O2/c1-23(2)25-5-7-26(8-6-25)28(35)33-21-19-31(20-22-33)18-17-30-13-9-29(10-14-30)11-15-32(16-12-29)27(34)24(3)4/h23-26H,5-22H2,1-4H3. The number of hydrogen-bond acceptors (Lipinski definition) is 4. The van der Waals surface area contributed by atoms with E-state index in [1.807, 2.05) is 13.8 Å². The van der Waals surface area contributed by atoms with E-state index < -0.39 is 0 Å². The fourth-order valence-electron chi connectivity index (χ4n) is 7.08. The maximum absolute atomic E-state index is 13.1. The van der Waals surface area contributed by atoms with Gasteiger partial charge in [0.25, 0.3) is 0 Å². The molecule has 0 atom stereocenters. The molecule has 0 N–H and O–H groups in total. The molecule has 6 heteroatoms. The SMILES string of the molecule is CC(C)C(=O)N1CCC2(CCN(CCN3CCN(C(=O)C4CCC(C(C)C)CC4)CC3)CC2)CC1. The summed E-state index contributed by atoms with van der Waals surface area (Å²) in [4.78, 5) is 34.9. The second-order valence-electron chi connectivity index (χ2n) is 12.8. The number of nitrogens with zero attached hydrogens (tertiary/aromatic N) is 4. The average molecular weight is 489 g/mol. The van der Waals surface area contributed by atoms with E-state index in [1.165, 1.54) is 51.6 Å². The Balaban J connectivity index is 1.11. The van der Waals surface area contributed by atoms with E-state index in [0.717, 1.165) is 77.0 Å². The fraction of sp³-hybridized carbons (Fsp3) is 0.931. The highest BCUT2D eigenvalue weighted by molar-refractivity contribution is 5.79. The first-order chi connectivity index (χ1) is 16.8. The van der Waals surface area contributed by atoms with Gasteiger partial charge >= 0.3 is 0 Å². The summed E-state index contributed by atoms with van der Waals surface area (Å²) < 4.78 is 0. The molecule has 4 fully saturated rings. The summed E-state index contributed by atoms with van der Waals surface area (Å²) in [7, 11) is 0. The Kier molecular flexibility index (Phi) is 9.18. The first-order valence-corrected chi connectivity index (χ1v) is 14.8. The minimum Gasteiger partial charge on any atom is -0.342 e. The van der Waals surface area contributed by atoms with Crippen LogP contribution in [-0.4, -0.2) is 96.9 Å². The van der Waals surface area contributed by atoms with Gasteiger partial charge in [0.2, 0.25) is 11.8 Å². The summed E-state index contributed by atoms with van der Waals surface area (Å²) in [5.41, 5.74) is 0.477. The number of carbonyl (C=O) groups excluding carboxylic acids is 2. The molecular weight excluding hydrogens is 436 g/mol. The van der Waals surface area contributed by atoms with Crippen molar-refractivity contribution in [3.63, 3.8) is 0 Å². The molecule has 0 unspecified atom stereocenters. The molecule has 0 radical (unpaired) electrons. The molecule has 0 aromatic heterocycles. The summed E-state index contributed by atoms with van der Waals surface area (Å²) in [6, 6.07) is 0. The lowest BCUT2D eigenvalue weighted by Crippen LogP contribution is -2.53. The molecule has 0 bridgehead atoms. The lowest BCUT2D eigenvalue weighted by atomic mass is 9.71. The average Bonchev–Trinajstić information content (AvgIpc) is 2.88. The number of carbonyl (C=O) groups is 2. The number of rotatable bonds is 6. The number of piperidine rings is 2. The largest absolute Gasteiger partial charge is 0.342 e. The van der Waals surface area contributed by atoms with Gasteiger partial charge in [-0.25, -0.2) is 0 Å². The van der Waals surface area contributed by atoms with Crippen molar-refractivity contribution >= 4 is 11.8 Å². The Morgan fingerprint density at radius 3 is 1.71 bits per heavy atom. The van der Waals surface area contributed by atoms with Gasteiger partial charge in [0, 0.05) is 64.2 Å². The molecule has 1 aliphatic carbocycles. The Morgan fingerprint density at radius 2 is 1.20 bits per heavy atom. The summed E-state index contributed by atoms with van der Waals surface area (Å²) in [6.07, 6.45) is 9.63. The third kappa shape index (κ3) is 6.80. The molecule has 4 aliphatic rings. The third-order valence-corrected chi connectivity index (χ3v) is 10.0. The molecule has 3 heterocycles. The second-order valence-corrected chi connectivity index (χ2v) is 12.8. The summed E-state index contributed by atoms with van der Waals surface area (Å²) in [6.45, 7) is 19.2. The van der Waals surface area contributed by atoms with Gasteiger partial charge in [-0.3, -0.25) is 14.5 Å². The van der Waals surface area contributed by atoms with Gasteiger partial charge in [0.05, 0.1) is 0 Å². The monoisotopic (exact) mass is 488 g/mol. The minimum absolute atomic E-state index is 0.121. The highest BCUT2D eigenvalue weighted by atomic mass is 16.2. The van der Waals surface area contributed by atoms with Crippen molar-refractivity contribution in [2.75, 3.05) is 65.4 Å². The highest BCUT2D eigenvalue weighted by Gasteiger charge is 2.39. The van der Waals surface area contributed by atoms with Crippen LogP contribution < -0.4 is 0 Å². The van der Waals surface area contributed by atoms with Crippen LogP contribution in [0.15, 0.2) is 0 Å². The van der Waals surface area contributed by atoms with Crippen LogP contribution in [-0.2, 0) is 9.59 Å². The van der Waals surface area contributed by atoms with Crippen LogP contribution in [0.4, 0.5) is 0 Å². The quantitative estimate of drug-likeness (QED) is 0.568. The van der Waals surface area contributed by atoms with E-state index >= 15 is 0 Å². The lowest BCUT2D eigenvalue weighted by molar-refractivity contribution is -0.139. The zero-order valence-corrected chi connectivity index (χ0v) is 23.1. The van der Waals surface area contributed by atoms with E-state index in [2.05, 4.69) is 33.4 Å². The maximum Gasteiger partial charge on any atom is 0.225 e. The van der Waals surface area contributed by atoms with Crippen LogP contribution in [0.25, 0.3) is 0 Å². The molecular formula is C29H52N4O2. The van der Waals surface area contributed by atoms with Crippen LogP contribution in [0.3, 0.4) is 0 Å². The smallest absolute Gasteiger partial charge is 0.225 e. The Hall–Kier alpha value is -1.14. The first kappa shape index (κ1) is 26.9. The summed E-state index contributed by atoms with van der Waals surface area (Å²) in [5, 5.41) is 0. The highest BCUT2D eigenvalue weighted by Crippen LogP contribution is 2.41. The normalized spacial score (nSPS) is 28.7. The van der Waals surface area contributed by atoms with Gasteiger partial charge in [-0.2, -0.15) is 0 Å². The fourth-order valence-corrected chi connectivity index (χ4v) is 7.08.